The maximum absolute atomic E-state index is 12.2. The van der Waals surface area contributed by atoms with E-state index in [1.54, 1.807) is 0 Å². The topological polar surface area (TPSA) is 64.7 Å². The molecule has 0 radical (unpaired) electrons. The number of carbonyl (C=O) groups is 2. The third-order valence-corrected chi connectivity index (χ3v) is 4.76. The van der Waals surface area contributed by atoms with Crippen molar-refractivity contribution in [2.45, 2.75) is 32.2 Å². The van der Waals surface area contributed by atoms with E-state index in [0.717, 1.165) is 51.1 Å². The summed E-state index contributed by atoms with van der Waals surface area (Å²) in [6.45, 7) is 6.27. The SMILES string of the molecule is CCc1cccc(NC(=O)CN2CCN(CC(=O)NC3CC3)CC2)c1. The fraction of sp³-hybridized carbons (Fsp3) is 0.579. The summed E-state index contributed by atoms with van der Waals surface area (Å²) in [6.07, 6.45) is 3.20. The molecular formula is C19H28N4O2. The van der Waals surface area contributed by atoms with E-state index in [1.807, 2.05) is 18.2 Å². The number of amides is 2. The van der Waals surface area contributed by atoms with Crippen LogP contribution in [0, 0.1) is 0 Å². The van der Waals surface area contributed by atoms with Gasteiger partial charge in [0.1, 0.15) is 0 Å². The van der Waals surface area contributed by atoms with Crippen molar-refractivity contribution in [2.24, 2.45) is 0 Å². The van der Waals surface area contributed by atoms with Gasteiger partial charge in [0, 0.05) is 37.9 Å². The lowest BCUT2D eigenvalue weighted by Gasteiger charge is -2.33. The van der Waals surface area contributed by atoms with Gasteiger partial charge in [0.15, 0.2) is 0 Å². The second-order valence-electron chi connectivity index (χ2n) is 7.00. The molecule has 136 valence electrons. The van der Waals surface area contributed by atoms with Gasteiger partial charge in [-0.05, 0) is 37.0 Å². The summed E-state index contributed by atoms with van der Waals surface area (Å²) in [6, 6.07) is 8.40. The fourth-order valence-electron chi connectivity index (χ4n) is 3.08. The Morgan fingerprint density at radius 1 is 1.04 bits per heavy atom. The molecule has 0 bridgehead atoms. The molecule has 2 fully saturated rings. The molecule has 6 heteroatoms. The first-order valence-electron chi connectivity index (χ1n) is 9.25. The first-order valence-corrected chi connectivity index (χ1v) is 9.25. The van der Waals surface area contributed by atoms with Crippen LogP contribution in [0.2, 0.25) is 0 Å². The molecule has 3 rings (SSSR count). The van der Waals surface area contributed by atoms with Crippen molar-refractivity contribution in [3.05, 3.63) is 29.8 Å². The molecule has 0 spiro atoms. The maximum atomic E-state index is 12.2. The minimum Gasteiger partial charge on any atom is -0.352 e. The maximum Gasteiger partial charge on any atom is 0.238 e. The van der Waals surface area contributed by atoms with E-state index < -0.39 is 0 Å². The van der Waals surface area contributed by atoms with Crippen LogP contribution < -0.4 is 10.6 Å². The Hall–Kier alpha value is -1.92. The molecule has 1 aromatic rings. The Labute approximate surface area is 149 Å². The molecule has 2 amide bonds. The minimum absolute atomic E-state index is 0.0215. The first kappa shape index (κ1) is 17.9. The number of hydrogen-bond acceptors (Lipinski definition) is 4. The molecule has 2 N–H and O–H groups in total. The summed E-state index contributed by atoms with van der Waals surface area (Å²) in [5.41, 5.74) is 2.08. The molecule has 1 saturated heterocycles. The van der Waals surface area contributed by atoms with E-state index in [0.29, 0.717) is 19.1 Å². The molecule has 6 nitrogen and oxygen atoms in total. The number of nitrogens with zero attached hydrogens (tertiary/aromatic N) is 2. The second kappa shape index (κ2) is 8.45. The summed E-state index contributed by atoms with van der Waals surface area (Å²) >= 11 is 0. The predicted octanol–water partition coefficient (Wildman–Crippen LogP) is 1.08. The molecule has 1 aromatic carbocycles. The van der Waals surface area contributed by atoms with Gasteiger partial charge in [0.2, 0.25) is 11.8 Å². The molecule has 1 aliphatic heterocycles. The number of anilines is 1. The van der Waals surface area contributed by atoms with E-state index in [2.05, 4.69) is 33.4 Å². The second-order valence-corrected chi connectivity index (χ2v) is 7.00. The van der Waals surface area contributed by atoms with Gasteiger partial charge >= 0.3 is 0 Å². The monoisotopic (exact) mass is 344 g/mol. The van der Waals surface area contributed by atoms with Gasteiger partial charge in [-0.15, -0.1) is 0 Å². The normalized spacial score (nSPS) is 18.8. The minimum atomic E-state index is 0.0215. The molecule has 0 atom stereocenters. The Kier molecular flexibility index (Phi) is 6.04. The van der Waals surface area contributed by atoms with Gasteiger partial charge in [-0.3, -0.25) is 19.4 Å². The van der Waals surface area contributed by atoms with E-state index in [1.165, 1.54) is 5.56 Å². The van der Waals surface area contributed by atoms with E-state index >= 15 is 0 Å². The van der Waals surface area contributed by atoms with Gasteiger partial charge in [-0.1, -0.05) is 19.1 Å². The van der Waals surface area contributed by atoms with Crippen molar-refractivity contribution in [2.75, 3.05) is 44.6 Å². The van der Waals surface area contributed by atoms with Crippen LogP contribution in [0.25, 0.3) is 0 Å². The third kappa shape index (κ3) is 5.83. The Balaban J connectivity index is 1.37. The lowest BCUT2D eigenvalue weighted by molar-refractivity contribution is -0.123. The number of hydrogen-bond donors (Lipinski definition) is 2. The van der Waals surface area contributed by atoms with Crippen LogP contribution in [0.4, 0.5) is 5.69 Å². The van der Waals surface area contributed by atoms with Gasteiger partial charge in [-0.2, -0.15) is 0 Å². The van der Waals surface area contributed by atoms with Crippen molar-refractivity contribution in [3.8, 4) is 0 Å². The molecule has 2 aliphatic rings. The van der Waals surface area contributed by atoms with Crippen LogP contribution in [-0.4, -0.2) is 66.9 Å². The largest absolute Gasteiger partial charge is 0.352 e. The summed E-state index contributed by atoms with van der Waals surface area (Å²) in [5, 5.41) is 6.00. The molecule has 0 unspecified atom stereocenters. The Morgan fingerprint density at radius 2 is 1.68 bits per heavy atom. The summed E-state index contributed by atoms with van der Waals surface area (Å²) in [5.74, 6) is 0.151. The van der Waals surface area contributed by atoms with Crippen molar-refractivity contribution in [1.29, 1.82) is 0 Å². The average Bonchev–Trinajstić information content (AvgIpc) is 3.40. The fourth-order valence-corrected chi connectivity index (χ4v) is 3.08. The highest BCUT2D eigenvalue weighted by molar-refractivity contribution is 5.92. The van der Waals surface area contributed by atoms with Gasteiger partial charge in [0.25, 0.3) is 0 Å². The van der Waals surface area contributed by atoms with Crippen LogP contribution in [0.15, 0.2) is 24.3 Å². The van der Waals surface area contributed by atoms with Gasteiger partial charge < -0.3 is 10.6 Å². The van der Waals surface area contributed by atoms with Crippen LogP contribution in [0.3, 0.4) is 0 Å². The highest BCUT2D eigenvalue weighted by atomic mass is 16.2. The molecular weight excluding hydrogens is 316 g/mol. The molecule has 25 heavy (non-hydrogen) atoms. The van der Waals surface area contributed by atoms with E-state index in [-0.39, 0.29) is 11.8 Å². The standard InChI is InChI=1S/C19H28N4O2/c1-2-15-4-3-5-17(12-15)21-19(25)14-23-10-8-22(9-11-23)13-18(24)20-16-6-7-16/h3-5,12,16H,2,6-11,13-14H2,1H3,(H,20,24)(H,21,25). The highest BCUT2D eigenvalue weighted by Crippen LogP contribution is 2.18. The van der Waals surface area contributed by atoms with Gasteiger partial charge in [-0.25, -0.2) is 0 Å². The lowest BCUT2D eigenvalue weighted by atomic mass is 10.1. The Morgan fingerprint density at radius 3 is 2.28 bits per heavy atom. The number of rotatable bonds is 7. The summed E-state index contributed by atoms with van der Waals surface area (Å²) < 4.78 is 0. The van der Waals surface area contributed by atoms with Crippen LogP contribution in [0.5, 0.6) is 0 Å². The quantitative estimate of drug-likeness (QED) is 0.777. The molecule has 1 heterocycles. The molecule has 1 aliphatic carbocycles. The number of piperazine rings is 1. The van der Waals surface area contributed by atoms with Gasteiger partial charge in [0.05, 0.1) is 13.1 Å². The zero-order valence-electron chi connectivity index (χ0n) is 15.0. The third-order valence-electron chi connectivity index (χ3n) is 4.76. The van der Waals surface area contributed by atoms with Crippen LogP contribution >= 0.6 is 0 Å². The molecule has 0 aromatic heterocycles. The van der Waals surface area contributed by atoms with Crippen molar-refractivity contribution in [3.63, 3.8) is 0 Å². The van der Waals surface area contributed by atoms with Crippen LogP contribution in [0.1, 0.15) is 25.3 Å². The van der Waals surface area contributed by atoms with Crippen molar-refractivity contribution < 1.29 is 9.59 Å². The summed E-state index contributed by atoms with van der Waals surface area (Å²) in [7, 11) is 0. The number of nitrogens with one attached hydrogen (secondary N) is 2. The Bertz CT molecular complexity index is 607. The molecule has 1 saturated carbocycles. The highest BCUT2D eigenvalue weighted by Gasteiger charge is 2.25. The van der Waals surface area contributed by atoms with Crippen molar-refractivity contribution >= 4 is 17.5 Å². The van der Waals surface area contributed by atoms with Crippen LogP contribution in [-0.2, 0) is 16.0 Å². The van der Waals surface area contributed by atoms with E-state index in [9.17, 15) is 9.59 Å². The zero-order valence-corrected chi connectivity index (χ0v) is 15.0. The van der Waals surface area contributed by atoms with E-state index in [4.69, 9.17) is 0 Å². The number of aryl methyl sites for hydroxylation is 1. The number of carbonyl (C=O) groups excluding carboxylic acids is 2. The lowest BCUT2D eigenvalue weighted by Crippen LogP contribution is -2.51. The summed E-state index contributed by atoms with van der Waals surface area (Å²) in [4.78, 5) is 28.4. The predicted molar refractivity (Wildman–Crippen MR) is 98.5 cm³/mol. The van der Waals surface area contributed by atoms with Crippen molar-refractivity contribution in [1.82, 2.24) is 15.1 Å². The average molecular weight is 344 g/mol. The first-order chi connectivity index (χ1) is 12.1. The smallest absolute Gasteiger partial charge is 0.238 e. The number of benzene rings is 1. The zero-order chi connectivity index (χ0) is 17.6.